The van der Waals surface area contributed by atoms with Gasteiger partial charge in [-0.25, -0.2) is 0 Å². The zero-order chi connectivity index (χ0) is 14.2. The van der Waals surface area contributed by atoms with Crippen molar-refractivity contribution in [1.82, 2.24) is 10.1 Å². The summed E-state index contributed by atoms with van der Waals surface area (Å²) in [6, 6.07) is 10.4. The van der Waals surface area contributed by atoms with Gasteiger partial charge in [0.05, 0.1) is 0 Å². The van der Waals surface area contributed by atoms with Gasteiger partial charge in [0.15, 0.2) is 5.69 Å². The van der Waals surface area contributed by atoms with Crippen molar-refractivity contribution in [3.8, 4) is 0 Å². The predicted molar refractivity (Wildman–Crippen MR) is 78.2 cm³/mol. The highest BCUT2D eigenvalue weighted by Gasteiger charge is 2.35. The number of hydrogen-bond acceptors (Lipinski definition) is 3. The molecule has 0 spiro atoms. The maximum atomic E-state index is 12.5. The molecule has 1 fully saturated rings. The number of fused-ring (bicyclic) bond motifs is 1. The Morgan fingerprint density at radius 2 is 1.90 bits per heavy atom. The monoisotopic (exact) mass is 282 g/mol. The standard InChI is InChI=1S/C17H18N2O2/c20-17(16-14-8-4-5-9-15(14)21-18-16)19-10-13(11-19)12-6-2-1-3-7-12/h1-3,6-7,13H,4-5,8-11H2. The van der Waals surface area contributed by atoms with E-state index in [0.29, 0.717) is 11.6 Å². The fourth-order valence-electron chi connectivity index (χ4n) is 3.28. The Balaban J connectivity index is 1.47. The largest absolute Gasteiger partial charge is 0.360 e. The van der Waals surface area contributed by atoms with Crippen LogP contribution in [0.25, 0.3) is 0 Å². The van der Waals surface area contributed by atoms with E-state index in [9.17, 15) is 4.79 Å². The van der Waals surface area contributed by atoms with Crippen LogP contribution in [0.3, 0.4) is 0 Å². The van der Waals surface area contributed by atoms with Crippen molar-refractivity contribution in [2.45, 2.75) is 31.6 Å². The van der Waals surface area contributed by atoms with Crippen LogP contribution in [0.15, 0.2) is 34.9 Å². The Morgan fingerprint density at radius 1 is 1.14 bits per heavy atom. The molecule has 1 aliphatic carbocycles. The third-order valence-corrected chi connectivity index (χ3v) is 4.59. The topological polar surface area (TPSA) is 46.3 Å². The van der Waals surface area contributed by atoms with Crippen molar-refractivity contribution in [3.05, 3.63) is 52.9 Å². The first-order valence-electron chi connectivity index (χ1n) is 7.64. The van der Waals surface area contributed by atoms with E-state index in [1.807, 2.05) is 23.1 Å². The molecule has 1 amide bonds. The fourth-order valence-corrected chi connectivity index (χ4v) is 3.28. The van der Waals surface area contributed by atoms with E-state index in [1.54, 1.807) is 0 Å². The van der Waals surface area contributed by atoms with Gasteiger partial charge in [0.1, 0.15) is 5.76 Å². The van der Waals surface area contributed by atoms with Crippen LogP contribution in [0.4, 0.5) is 0 Å². The van der Waals surface area contributed by atoms with Crippen LogP contribution in [0.5, 0.6) is 0 Å². The maximum Gasteiger partial charge on any atom is 0.276 e. The summed E-state index contributed by atoms with van der Waals surface area (Å²) in [6.07, 6.45) is 4.11. The minimum atomic E-state index is 0.0362. The second-order valence-electron chi connectivity index (χ2n) is 5.96. The molecule has 0 saturated carbocycles. The first-order valence-corrected chi connectivity index (χ1v) is 7.64. The average Bonchev–Trinajstić information content (AvgIpc) is 2.90. The van der Waals surface area contributed by atoms with Gasteiger partial charge >= 0.3 is 0 Å². The molecule has 1 saturated heterocycles. The van der Waals surface area contributed by atoms with Crippen molar-refractivity contribution in [2.24, 2.45) is 0 Å². The Labute approximate surface area is 123 Å². The molecule has 2 aliphatic rings. The van der Waals surface area contributed by atoms with Crippen molar-refractivity contribution in [2.75, 3.05) is 13.1 Å². The number of nitrogens with zero attached hydrogens (tertiary/aromatic N) is 2. The summed E-state index contributed by atoms with van der Waals surface area (Å²) >= 11 is 0. The van der Waals surface area contributed by atoms with E-state index in [0.717, 1.165) is 50.1 Å². The van der Waals surface area contributed by atoms with Gasteiger partial charge < -0.3 is 9.42 Å². The molecule has 2 heterocycles. The van der Waals surface area contributed by atoms with Gasteiger partial charge in [-0.3, -0.25) is 4.79 Å². The molecule has 0 radical (unpaired) electrons. The zero-order valence-corrected chi connectivity index (χ0v) is 11.9. The number of likely N-dealkylation sites (tertiary alicyclic amines) is 1. The number of amides is 1. The number of aromatic nitrogens is 1. The molecule has 0 atom stereocenters. The third-order valence-electron chi connectivity index (χ3n) is 4.59. The van der Waals surface area contributed by atoms with Gasteiger partial charge in [0.2, 0.25) is 0 Å². The molecule has 1 aromatic heterocycles. The second kappa shape index (κ2) is 5.02. The summed E-state index contributed by atoms with van der Waals surface area (Å²) < 4.78 is 5.34. The molecule has 0 unspecified atom stereocenters. The lowest BCUT2D eigenvalue weighted by molar-refractivity contribution is 0.0590. The smallest absolute Gasteiger partial charge is 0.276 e. The van der Waals surface area contributed by atoms with Gasteiger partial charge in [-0.15, -0.1) is 0 Å². The van der Waals surface area contributed by atoms with Crippen LogP contribution in [-0.4, -0.2) is 29.1 Å². The molecule has 108 valence electrons. The van der Waals surface area contributed by atoms with Crippen LogP contribution in [0.1, 0.15) is 46.1 Å². The fraction of sp³-hybridized carbons (Fsp3) is 0.412. The molecule has 1 aromatic carbocycles. The molecule has 0 bridgehead atoms. The van der Waals surface area contributed by atoms with E-state index in [4.69, 9.17) is 4.52 Å². The minimum absolute atomic E-state index is 0.0362. The molecular weight excluding hydrogens is 264 g/mol. The highest BCUT2D eigenvalue weighted by Crippen LogP contribution is 2.30. The second-order valence-corrected chi connectivity index (χ2v) is 5.96. The van der Waals surface area contributed by atoms with E-state index in [1.165, 1.54) is 5.56 Å². The molecule has 4 heteroatoms. The van der Waals surface area contributed by atoms with Crippen molar-refractivity contribution in [3.63, 3.8) is 0 Å². The lowest BCUT2D eigenvalue weighted by Gasteiger charge is -2.39. The number of aryl methyl sites for hydroxylation is 1. The van der Waals surface area contributed by atoms with E-state index in [-0.39, 0.29) is 5.91 Å². The summed E-state index contributed by atoms with van der Waals surface area (Å²) in [5.41, 5.74) is 2.91. The van der Waals surface area contributed by atoms with Crippen LogP contribution in [-0.2, 0) is 12.8 Å². The zero-order valence-electron chi connectivity index (χ0n) is 11.9. The van der Waals surface area contributed by atoms with Crippen molar-refractivity contribution < 1.29 is 9.32 Å². The predicted octanol–water partition coefficient (Wildman–Crippen LogP) is 2.79. The van der Waals surface area contributed by atoms with Gasteiger partial charge in [-0.2, -0.15) is 0 Å². The maximum absolute atomic E-state index is 12.5. The first kappa shape index (κ1) is 12.6. The van der Waals surface area contributed by atoms with E-state index >= 15 is 0 Å². The van der Waals surface area contributed by atoms with Crippen LogP contribution in [0, 0.1) is 0 Å². The van der Waals surface area contributed by atoms with Crippen molar-refractivity contribution >= 4 is 5.91 Å². The summed E-state index contributed by atoms with van der Waals surface area (Å²) in [6.45, 7) is 1.56. The van der Waals surface area contributed by atoms with Crippen LogP contribution >= 0.6 is 0 Å². The summed E-state index contributed by atoms with van der Waals surface area (Å²) in [5.74, 6) is 1.41. The normalized spacial score (nSPS) is 18.2. The Kier molecular flexibility index (Phi) is 3.02. The molecule has 4 rings (SSSR count). The van der Waals surface area contributed by atoms with E-state index < -0.39 is 0 Å². The summed E-state index contributed by atoms with van der Waals surface area (Å²) in [4.78, 5) is 14.4. The molecule has 2 aromatic rings. The molecular formula is C17H18N2O2. The minimum Gasteiger partial charge on any atom is -0.360 e. The summed E-state index contributed by atoms with van der Waals surface area (Å²) in [5, 5.41) is 4.03. The van der Waals surface area contributed by atoms with Gasteiger partial charge in [0, 0.05) is 31.0 Å². The number of benzene rings is 1. The highest BCUT2D eigenvalue weighted by molar-refractivity contribution is 5.94. The number of hydrogen-bond donors (Lipinski definition) is 0. The average molecular weight is 282 g/mol. The molecule has 0 N–H and O–H groups in total. The number of carbonyl (C=O) groups is 1. The van der Waals surface area contributed by atoms with E-state index in [2.05, 4.69) is 17.3 Å². The van der Waals surface area contributed by atoms with Crippen LogP contribution in [0.2, 0.25) is 0 Å². The molecule has 4 nitrogen and oxygen atoms in total. The Hall–Kier alpha value is -2.10. The highest BCUT2D eigenvalue weighted by atomic mass is 16.5. The third kappa shape index (κ3) is 2.15. The van der Waals surface area contributed by atoms with Gasteiger partial charge in [-0.05, 0) is 24.8 Å². The summed E-state index contributed by atoms with van der Waals surface area (Å²) in [7, 11) is 0. The van der Waals surface area contributed by atoms with Gasteiger partial charge in [-0.1, -0.05) is 35.5 Å². The molecule has 21 heavy (non-hydrogen) atoms. The van der Waals surface area contributed by atoms with Gasteiger partial charge in [0.25, 0.3) is 5.91 Å². The Morgan fingerprint density at radius 3 is 2.71 bits per heavy atom. The van der Waals surface area contributed by atoms with Crippen LogP contribution < -0.4 is 0 Å². The molecule has 1 aliphatic heterocycles. The lowest BCUT2D eigenvalue weighted by atomic mass is 9.90. The lowest BCUT2D eigenvalue weighted by Crippen LogP contribution is -2.48. The number of carbonyl (C=O) groups excluding carboxylic acids is 1. The first-order chi connectivity index (χ1) is 10.3. The quantitative estimate of drug-likeness (QED) is 0.851. The van der Waals surface area contributed by atoms with Crippen molar-refractivity contribution in [1.29, 1.82) is 0 Å². The SMILES string of the molecule is O=C(c1noc2c1CCCC2)N1CC(c2ccccc2)C1. The number of rotatable bonds is 2. The Bertz CT molecular complexity index is 657.